The molecule has 0 radical (unpaired) electrons. The molecule has 1 aromatic heterocycles. The number of hydrogen-bond acceptors (Lipinski definition) is 6. The van der Waals surface area contributed by atoms with Gasteiger partial charge in [-0.1, -0.05) is 0 Å². The van der Waals surface area contributed by atoms with Gasteiger partial charge in [0, 0.05) is 0 Å². The van der Waals surface area contributed by atoms with Gasteiger partial charge in [-0.3, -0.25) is 0 Å². The molecule has 0 saturated heterocycles. The monoisotopic (exact) mass is 159 g/mol. The van der Waals surface area contributed by atoms with Gasteiger partial charge in [0.25, 0.3) is 11.8 Å². The lowest BCUT2D eigenvalue weighted by atomic mass is 10.3. The fourth-order valence-corrected chi connectivity index (χ4v) is 0.530. The highest BCUT2D eigenvalue weighted by atomic mass is 16.4. The highest BCUT2D eigenvalue weighted by molar-refractivity contribution is 5.57. The van der Waals surface area contributed by atoms with E-state index in [4.69, 9.17) is 25.5 Å². The number of rotatable bonds is 0. The second kappa shape index (κ2) is 2.08. The molecule has 0 aliphatic carbocycles. The van der Waals surface area contributed by atoms with Crippen molar-refractivity contribution in [2.24, 2.45) is 0 Å². The largest absolute Gasteiger partial charge is 0.501 e. The zero-order valence-electron chi connectivity index (χ0n) is 5.18. The molecule has 1 heterocycles. The van der Waals surface area contributed by atoms with Crippen LogP contribution in [0.3, 0.4) is 0 Å². The fourth-order valence-electron chi connectivity index (χ4n) is 0.530. The number of aromatic hydroxyl groups is 5. The molecule has 5 N–H and O–H groups in total. The van der Waals surface area contributed by atoms with E-state index in [-0.39, 0.29) is 0 Å². The van der Waals surface area contributed by atoms with Crippen molar-refractivity contribution in [3.63, 3.8) is 0 Å². The van der Waals surface area contributed by atoms with E-state index < -0.39 is 29.0 Å². The first-order valence-corrected chi connectivity index (χ1v) is 2.57. The van der Waals surface area contributed by atoms with E-state index in [1.54, 1.807) is 0 Å². The SMILES string of the molecule is Oc1nc(O)c(O)c(O)c1O. The van der Waals surface area contributed by atoms with Crippen LogP contribution in [0.5, 0.6) is 29.0 Å². The summed E-state index contributed by atoms with van der Waals surface area (Å²) in [5.74, 6) is -4.84. The molecule has 1 aromatic rings. The number of nitrogens with zero attached hydrogens (tertiary/aromatic N) is 1. The molecule has 0 bridgehead atoms. The van der Waals surface area contributed by atoms with Crippen molar-refractivity contribution in [3.05, 3.63) is 0 Å². The Morgan fingerprint density at radius 3 is 1.36 bits per heavy atom. The quantitative estimate of drug-likeness (QED) is 0.352. The number of aromatic nitrogens is 1. The van der Waals surface area contributed by atoms with Crippen LogP contribution in [-0.2, 0) is 0 Å². The molecule has 0 spiro atoms. The summed E-state index contributed by atoms with van der Waals surface area (Å²) in [6.45, 7) is 0. The molecule has 0 saturated carbocycles. The summed E-state index contributed by atoms with van der Waals surface area (Å²) >= 11 is 0. The molecule has 0 unspecified atom stereocenters. The first kappa shape index (κ1) is 7.26. The summed E-state index contributed by atoms with van der Waals surface area (Å²) in [6, 6.07) is 0. The zero-order chi connectivity index (χ0) is 8.59. The summed E-state index contributed by atoms with van der Waals surface area (Å²) in [4.78, 5) is 2.88. The van der Waals surface area contributed by atoms with Crippen LogP contribution in [0, 0.1) is 0 Å². The predicted molar refractivity (Wildman–Crippen MR) is 32.6 cm³/mol. The Morgan fingerprint density at radius 2 is 1.00 bits per heavy atom. The third-order valence-electron chi connectivity index (χ3n) is 1.08. The van der Waals surface area contributed by atoms with Crippen LogP contribution in [0.4, 0.5) is 0 Å². The standard InChI is InChI=1S/C5H5NO5/c7-1-2(8)4(10)6-5(11)3(1)9/h8-9H,(H3,6,7,10,11). The van der Waals surface area contributed by atoms with Crippen molar-refractivity contribution in [1.82, 2.24) is 4.98 Å². The van der Waals surface area contributed by atoms with E-state index in [0.29, 0.717) is 0 Å². The van der Waals surface area contributed by atoms with Gasteiger partial charge in [-0.15, -0.1) is 0 Å². The summed E-state index contributed by atoms with van der Waals surface area (Å²) < 4.78 is 0. The molecule has 6 nitrogen and oxygen atoms in total. The van der Waals surface area contributed by atoms with Crippen LogP contribution in [0.25, 0.3) is 0 Å². The molecule has 1 rings (SSSR count). The second-order valence-electron chi connectivity index (χ2n) is 1.80. The van der Waals surface area contributed by atoms with Crippen molar-refractivity contribution >= 4 is 0 Å². The van der Waals surface area contributed by atoms with Crippen molar-refractivity contribution in [2.75, 3.05) is 0 Å². The molecule has 60 valence electrons. The maximum Gasteiger partial charge on any atom is 0.261 e. The minimum absolute atomic E-state index is 0.946. The summed E-state index contributed by atoms with van der Waals surface area (Å²) in [5, 5.41) is 43.3. The lowest BCUT2D eigenvalue weighted by Gasteiger charge is -2.02. The second-order valence-corrected chi connectivity index (χ2v) is 1.80. The van der Waals surface area contributed by atoms with E-state index >= 15 is 0 Å². The van der Waals surface area contributed by atoms with Crippen molar-refractivity contribution in [3.8, 4) is 29.0 Å². The highest BCUT2D eigenvalue weighted by Crippen LogP contribution is 2.44. The van der Waals surface area contributed by atoms with E-state index in [1.165, 1.54) is 0 Å². The molecule has 0 amide bonds. The Balaban J connectivity index is 3.46. The molecule has 0 aliphatic rings. The minimum Gasteiger partial charge on any atom is -0.501 e. The topological polar surface area (TPSA) is 114 Å². The number of hydrogen-bond donors (Lipinski definition) is 5. The maximum atomic E-state index is 8.71. The summed E-state index contributed by atoms with van der Waals surface area (Å²) in [5.41, 5.74) is 0. The smallest absolute Gasteiger partial charge is 0.261 e. The van der Waals surface area contributed by atoms with Crippen LogP contribution in [-0.4, -0.2) is 30.5 Å². The van der Waals surface area contributed by atoms with Crippen LogP contribution in [0.2, 0.25) is 0 Å². The van der Waals surface area contributed by atoms with Gasteiger partial charge < -0.3 is 25.5 Å². The molecule has 0 fully saturated rings. The van der Waals surface area contributed by atoms with Gasteiger partial charge in [0.15, 0.2) is 0 Å². The first-order chi connectivity index (χ1) is 5.04. The third-order valence-corrected chi connectivity index (χ3v) is 1.08. The summed E-state index contributed by atoms with van der Waals surface area (Å²) in [6.07, 6.45) is 0. The lowest BCUT2D eigenvalue weighted by Crippen LogP contribution is -1.79. The predicted octanol–water partition coefficient (Wildman–Crippen LogP) is -0.390. The molecular formula is C5H5NO5. The van der Waals surface area contributed by atoms with Crippen molar-refractivity contribution in [1.29, 1.82) is 0 Å². The Labute approximate surface area is 60.6 Å². The number of pyridine rings is 1. The Bertz CT molecular complexity index is 271. The molecule has 11 heavy (non-hydrogen) atoms. The van der Waals surface area contributed by atoms with E-state index in [1.807, 2.05) is 0 Å². The molecular weight excluding hydrogens is 154 g/mol. The summed E-state index contributed by atoms with van der Waals surface area (Å²) in [7, 11) is 0. The third kappa shape index (κ3) is 0.936. The highest BCUT2D eigenvalue weighted by Gasteiger charge is 2.16. The van der Waals surface area contributed by atoms with Crippen LogP contribution in [0.15, 0.2) is 0 Å². The van der Waals surface area contributed by atoms with Crippen LogP contribution < -0.4 is 0 Å². The normalized spacial score (nSPS) is 9.82. The van der Waals surface area contributed by atoms with Crippen molar-refractivity contribution < 1.29 is 25.5 Å². The Morgan fingerprint density at radius 1 is 0.636 bits per heavy atom. The molecule has 0 aromatic carbocycles. The maximum absolute atomic E-state index is 8.71. The van der Waals surface area contributed by atoms with Gasteiger partial charge in [0.1, 0.15) is 0 Å². The average molecular weight is 159 g/mol. The lowest BCUT2D eigenvalue weighted by molar-refractivity contribution is 0.312. The van der Waals surface area contributed by atoms with Gasteiger partial charge in [-0.05, 0) is 0 Å². The van der Waals surface area contributed by atoms with Crippen LogP contribution in [0.1, 0.15) is 0 Å². The molecule has 0 aliphatic heterocycles. The van der Waals surface area contributed by atoms with Gasteiger partial charge >= 0.3 is 0 Å². The van der Waals surface area contributed by atoms with Gasteiger partial charge in [0.05, 0.1) is 0 Å². The first-order valence-electron chi connectivity index (χ1n) is 2.57. The molecule has 6 heteroatoms. The average Bonchev–Trinajstić information content (AvgIpc) is 1.97. The fraction of sp³-hybridized carbons (Fsp3) is 0. The minimum atomic E-state index is -1.00. The Kier molecular flexibility index (Phi) is 1.37. The Hall–Kier alpha value is -1.85. The van der Waals surface area contributed by atoms with Gasteiger partial charge in [-0.25, -0.2) is 0 Å². The van der Waals surface area contributed by atoms with E-state index in [0.717, 1.165) is 0 Å². The van der Waals surface area contributed by atoms with Gasteiger partial charge in [0.2, 0.25) is 17.2 Å². The van der Waals surface area contributed by atoms with E-state index in [2.05, 4.69) is 4.98 Å². The van der Waals surface area contributed by atoms with Crippen molar-refractivity contribution in [2.45, 2.75) is 0 Å². The molecule has 0 atom stereocenters. The zero-order valence-corrected chi connectivity index (χ0v) is 5.18. The van der Waals surface area contributed by atoms with E-state index in [9.17, 15) is 0 Å². The van der Waals surface area contributed by atoms with Crippen LogP contribution >= 0.6 is 0 Å². The van der Waals surface area contributed by atoms with Gasteiger partial charge in [-0.2, -0.15) is 4.98 Å².